The van der Waals surface area contributed by atoms with Crippen LogP contribution < -0.4 is 5.32 Å². The minimum atomic E-state index is -4.28. The first kappa shape index (κ1) is 16.3. The molecule has 0 saturated heterocycles. The van der Waals surface area contributed by atoms with Crippen LogP contribution in [0.15, 0.2) is 59.5 Å². The van der Waals surface area contributed by atoms with Crippen LogP contribution in [0.1, 0.15) is 16.9 Å². The van der Waals surface area contributed by atoms with Crippen molar-refractivity contribution in [2.75, 3.05) is 6.26 Å². The van der Waals surface area contributed by atoms with Crippen molar-refractivity contribution in [1.29, 1.82) is 0 Å². The van der Waals surface area contributed by atoms with Crippen molar-refractivity contribution in [3.8, 4) is 0 Å². The summed E-state index contributed by atoms with van der Waals surface area (Å²) in [6, 6.07) is 16.8. The van der Waals surface area contributed by atoms with E-state index < -0.39 is 13.4 Å². The topological polar surface area (TPSA) is 69.6 Å². The summed E-state index contributed by atoms with van der Waals surface area (Å²) in [5.41, 5.74) is 1.58. The molecule has 1 atom stereocenters. The van der Waals surface area contributed by atoms with E-state index in [1.165, 1.54) is 0 Å². The molecule has 0 aliphatic carbocycles. The summed E-state index contributed by atoms with van der Waals surface area (Å²) in [7, 11) is -4.28. The van der Waals surface area contributed by atoms with E-state index in [-0.39, 0.29) is 0 Å². The number of nitrogens with one attached hydrogen (secondary N) is 1. The van der Waals surface area contributed by atoms with Crippen LogP contribution in [0.3, 0.4) is 0 Å². The molecule has 0 aliphatic heterocycles. The van der Waals surface area contributed by atoms with Crippen LogP contribution in [0.2, 0.25) is 0 Å². The number of benzene rings is 2. The van der Waals surface area contributed by atoms with Crippen LogP contribution in [-0.2, 0) is 11.1 Å². The predicted molar refractivity (Wildman–Crippen MR) is 86.3 cm³/mol. The second-order valence-electron chi connectivity index (χ2n) is 4.63. The van der Waals surface area contributed by atoms with Gasteiger partial charge in [0, 0.05) is 11.4 Å². The Morgan fingerprint density at radius 3 is 2.24 bits per heavy atom. The van der Waals surface area contributed by atoms with Gasteiger partial charge in [-0.3, -0.25) is 9.88 Å². The van der Waals surface area contributed by atoms with E-state index >= 15 is 0 Å². The van der Waals surface area contributed by atoms with Crippen molar-refractivity contribution >= 4 is 19.4 Å². The average molecular weight is 323 g/mol. The van der Waals surface area contributed by atoms with E-state index in [2.05, 4.69) is 5.32 Å². The van der Waals surface area contributed by atoms with Gasteiger partial charge in [0.1, 0.15) is 5.78 Å². The highest BCUT2D eigenvalue weighted by molar-refractivity contribution is 7.98. The summed E-state index contributed by atoms with van der Waals surface area (Å²) in [5.74, 6) is -0.992. The Labute approximate surface area is 128 Å². The minimum Gasteiger partial charge on any atom is -0.323 e. The second kappa shape index (κ2) is 7.25. The molecule has 2 aromatic rings. The molecular formula is C15H18NO3PS. The van der Waals surface area contributed by atoms with E-state index in [1.807, 2.05) is 48.7 Å². The van der Waals surface area contributed by atoms with Gasteiger partial charge in [0.25, 0.3) is 0 Å². The van der Waals surface area contributed by atoms with Gasteiger partial charge in [-0.15, -0.1) is 11.8 Å². The zero-order valence-corrected chi connectivity index (χ0v) is 13.3. The second-order valence-corrected chi connectivity index (χ2v) is 7.21. The van der Waals surface area contributed by atoms with Gasteiger partial charge in [-0.05, 0) is 29.5 Å². The van der Waals surface area contributed by atoms with Crippen molar-refractivity contribution in [2.24, 2.45) is 0 Å². The highest BCUT2D eigenvalue weighted by atomic mass is 32.2. The van der Waals surface area contributed by atoms with Gasteiger partial charge in [0.2, 0.25) is 0 Å². The Morgan fingerprint density at radius 1 is 1.10 bits per heavy atom. The fourth-order valence-corrected chi connectivity index (χ4v) is 3.33. The lowest BCUT2D eigenvalue weighted by Crippen LogP contribution is -2.21. The maximum atomic E-state index is 11.7. The van der Waals surface area contributed by atoms with Crippen LogP contribution in [-0.4, -0.2) is 16.0 Å². The van der Waals surface area contributed by atoms with E-state index in [0.29, 0.717) is 12.1 Å². The smallest absolute Gasteiger partial charge is 0.323 e. The Kier molecular flexibility index (Phi) is 5.62. The summed E-state index contributed by atoms with van der Waals surface area (Å²) in [4.78, 5) is 20.2. The highest BCUT2D eigenvalue weighted by Gasteiger charge is 2.29. The van der Waals surface area contributed by atoms with E-state index in [0.717, 1.165) is 10.5 Å². The van der Waals surface area contributed by atoms with E-state index in [9.17, 15) is 14.4 Å². The fourth-order valence-electron chi connectivity index (χ4n) is 2.03. The first-order valence-corrected chi connectivity index (χ1v) is 9.38. The van der Waals surface area contributed by atoms with Crippen LogP contribution in [0.25, 0.3) is 0 Å². The molecule has 2 aromatic carbocycles. The third-order valence-electron chi connectivity index (χ3n) is 3.11. The lowest BCUT2D eigenvalue weighted by molar-refractivity contribution is 0.347. The first-order valence-electron chi connectivity index (χ1n) is 6.47. The van der Waals surface area contributed by atoms with Crippen LogP contribution in [0, 0.1) is 0 Å². The number of rotatable bonds is 6. The molecule has 0 aliphatic rings. The van der Waals surface area contributed by atoms with Gasteiger partial charge in [0.05, 0.1) is 0 Å². The lowest BCUT2D eigenvalue weighted by atomic mass is 10.2. The van der Waals surface area contributed by atoms with Crippen molar-refractivity contribution < 1.29 is 14.4 Å². The Morgan fingerprint density at radius 2 is 1.71 bits per heavy atom. The molecule has 0 amide bonds. The van der Waals surface area contributed by atoms with E-state index in [4.69, 9.17) is 0 Å². The molecular weight excluding hydrogens is 305 g/mol. The molecule has 0 radical (unpaired) electrons. The molecule has 0 aromatic heterocycles. The first-order chi connectivity index (χ1) is 10.0. The molecule has 0 unspecified atom stereocenters. The molecule has 0 fully saturated rings. The zero-order chi connectivity index (χ0) is 15.3. The number of hydrogen-bond acceptors (Lipinski definition) is 3. The summed E-state index contributed by atoms with van der Waals surface area (Å²) < 4.78 is 11.7. The van der Waals surface area contributed by atoms with E-state index in [1.54, 1.807) is 23.9 Å². The summed E-state index contributed by atoms with van der Waals surface area (Å²) >= 11 is 1.59. The third-order valence-corrected chi connectivity index (χ3v) is 5.01. The Bertz CT molecular complexity index is 613. The highest BCUT2D eigenvalue weighted by Crippen LogP contribution is 2.50. The quantitative estimate of drug-likeness (QED) is 0.562. The van der Waals surface area contributed by atoms with Crippen molar-refractivity contribution in [1.82, 2.24) is 5.32 Å². The number of thioether (sulfide) groups is 1. The van der Waals surface area contributed by atoms with Crippen molar-refractivity contribution in [3.63, 3.8) is 0 Å². The van der Waals surface area contributed by atoms with Crippen molar-refractivity contribution in [3.05, 3.63) is 65.7 Å². The largest absolute Gasteiger partial charge is 0.346 e. The zero-order valence-electron chi connectivity index (χ0n) is 11.6. The molecule has 3 N–H and O–H groups in total. The minimum absolute atomic E-state index is 0.404. The summed E-state index contributed by atoms with van der Waals surface area (Å²) in [6.45, 7) is 0.404. The average Bonchev–Trinajstić information content (AvgIpc) is 2.48. The molecule has 0 spiro atoms. The van der Waals surface area contributed by atoms with Crippen molar-refractivity contribution in [2.45, 2.75) is 17.2 Å². The molecule has 0 saturated carbocycles. The number of hydrogen-bond donors (Lipinski definition) is 3. The molecule has 21 heavy (non-hydrogen) atoms. The maximum Gasteiger partial charge on any atom is 0.346 e. The SMILES string of the molecule is CSc1ccc([C@@H](NCc2ccccc2)P(=O)(O)O)cc1. The van der Waals surface area contributed by atoms with Gasteiger partial charge < -0.3 is 9.79 Å². The Balaban J connectivity index is 2.16. The molecule has 0 bridgehead atoms. The summed E-state index contributed by atoms with van der Waals surface area (Å²) in [6.07, 6.45) is 1.96. The normalized spacial score (nSPS) is 13.1. The fraction of sp³-hybridized carbons (Fsp3) is 0.200. The third kappa shape index (κ3) is 4.70. The van der Waals surface area contributed by atoms with Crippen LogP contribution in [0.5, 0.6) is 0 Å². The maximum absolute atomic E-state index is 11.7. The summed E-state index contributed by atoms with van der Waals surface area (Å²) in [5, 5.41) is 2.96. The molecule has 4 nitrogen and oxygen atoms in total. The molecule has 2 rings (SSSR count). The van der Waals surface area contributed by atoms with Gasteiger partial charge in [0.15, 0.2) is 0 Å². The lowest BCUT2D eigenvalue weighted by Gasteiger charge is -2.20. The van der Waals surface area contributed by atoms with Crippen LogP contribution in [0.4, 0.5) is 0 Å². The molecule has 0 heterocycles. The predicted octanol–water partition coefficient (Wildman–Crippen LogP) is 3.37. The van der Waals surface area contributed by atoms with Gasteiger partial charge in [-0.2, -0.15) is 0 Å². The van der Waals surface area contributed by atoms with Crippen LogP contribution >= 0.6 is 19.4 Å². The monoisotopic (exact) mass is 323 g/mol. The Hall–Kier alpha value is -1.10. The standard InChI is InChI=1S/C15H18NO3PS/c1-21-14-9-7-13(8-10-14)15(20(17,18)19)16-11-12-5-3-2-4-6-12/h2-10,15-16H,11H2,1H3,(H2,17,18,19)/t15-/m0/s1. The molecule has 6 heteroatoms. The van der Waals surface area contributed by atoms with Gasteiger partial charge in [-0.25, -0.2) is 0 Å². The van der Waals surface area contributed by atoms with Gasteiger partial charge in [-0.1, -0.05) is 42.5 Å². The molecule has 112 valence electrons. The van der Waals surface area contributed by atoms with Gasteiger partial charge >= 0.3 is 7.60 Å².